The van der Waals surface area contributed by atoms with Gasteiger partial charge in [-0.2, -0.15) is 0 Å². The summed E-state index contributed by atoms with van der Waals surface area (Å²) in [5.74, 6) is -0.178. The molecular weight excluding hydrogens is 340 g/mol. The van der Waals surface area contributed by atoms with Crippen LogP contribution in [0.5, 0.6) is 0 Å². The number of carbonyl (C=O) groups excluding carboxylic acids is 2. The van der Waals surface area contributed by atoms with Crippen LogP contribution in [-0.2, 0) is 9.53 Å². The van der Waals surface area contributed by atoms with Crippen LogP contribution in [0.3, 0.4) is 0 Å². The molecule has 7 atom stereocenters. The van der Waals surface area contributed by atoms with Gasteiger partial charge in [0.1, 0.15) is 17.3 Å². The van der Waals surface area contributed by atoms with Gasteiger partial charge in [-0.25, -0.2) is 4.79 Å². The van der Waals surface area contributed by atoms with Gasteiger partial charge in [0.05, 0.1) is 17.6 Å². The third-order valence-electron chi connectivity index (χ3n) is 8.52. The lowest BCUT2D eigenvalue weighted by atomic mass is 9.47. The first-order valence-corrected chi connectivity index (χ1v) is 9.11. The van der Waals surface area contributed by atoms with E-state index in [1.807, 2.05) is 20.8 Å². The number of hydrogen-bond donors (Lipinski definition) is 3. The summed E-state index contributed by atoms with van der Waals surface area (Å²) < 4.78 is 5.82. The van der Waals surface area contributed by atoms with Crippen molar-refractivity contribution in [1.29, 1.82) is 0 Å². The van der Waals surface area contributed by atoms with Gasteiger partial charge < -0.3 is 20.1 Å². The zero-order chi connectivity index (χ0) is 19.7. The van der Waals surface area contributed by atoms with Gasteiger partial charge in [0.2, 0.25) is 5.91 Å². The lowest BCUT2D eigenvalue weighted by Crippen LogP contribution is -2.81. The van der Waals surface area contributed by atoms with Crippen molar-refractivity contribution in [2.75, 3.05) is 13.7 Å². The van der Waals surface area contributed by atoms with Crippen LogP contribution >= 0.6 is 0 Å². The lowest BCUT2D eigenvalue weighted by molar-refractivity contribution is -0.234. The van der Waals surface area contributed by atoms with Gasteiger partial charge in [-0.15, -0.1) is 0 Å². The van der Waals surface area contributed by atoms with E-state index < -0.39 is 52.5 Å². The zero-order valence-corrected chi connectivity index (χ0v) is 16.1. The summed E-state index contributed by atoms with van der Waals surface area (Å²) in [4.78, 5) is 28.5. The Morgan fingerprint density at radius 3 is 2.19 bits per heavy atom. The monoisotopic (exact) mass is 368 g/mol. The van der Waals surface area contributed by atoms with Crippen LogP contribution in [0.1, 0.15) is 41.0 Å². The number of ether oxygens (including phenoxy) is 1. The van der Waals surface area contributed by atoms with E-state index in [2.05, 4.69) is 0 Å². The predicted molar refractivity (Wildman–Crippen MR) is 89.7 cm³/mol. The summed E-state index contributed by atoms with van der Waals surface area (Å²) >= 11 is 0. The number of aliphatic hydroxyl groups is 3. The lowest BCUT2D eigenvalue weighted by Gasteiger charge is -2.68. The number of fused-ring (bicyclic) bond motifs is 2. The van der Waals surface area contributed by atoms with Crippen LogP contribution < -0.4 is 0 Å². The molecule has 2 heterocycles. The molecule has 2 saturated heterocycles. The number of amides is 3. The first-order chi connectivity index (χ1) is 11.8. The fourth-order valence-electron chi connectivity index (χ4n) is 6.19. The Labute approximate surface area is 152 Å². The van der Waals surface area contributed by atoms with E-state index in [1.165, 1.54) is 11.9 Å². The first-order valence-electron chi connectivity index (χ1n) is 9.11. The van der Waals surface area contributed by atoms with Crippen molar-refractivity contribution in [2.45, 2.75) is 70.1 Å². The van der Waals surface area contributed by atoms with Crippen molar-refractivity contribution >= 4 is 11.9 Å². The van der Waals surface area contributed by atoms with Crippen molar-refractivity contribution in [3.05, 3.63) is 0 Å². The number of aliphatic hydroxyl groups excluding tert-OH is 1. The maximum atomic E-state index is 13.1. The van der Waals surface area contributed by atoms with Gasteiger partial charge in [0, 0.05) is 12.5 Å². The summed E-state index contributed by atoms with van der Waals surface area (Å²) in [6.07, 6.45) is -1.55. The molecule has 2 saturated carbocycles. The number of nitrogens with zero attached hydrogens (tertiary/aromatic N) is 2. The van der Waals surface area contributed by atoms with E-state index in [9.17, 15) is 24.9 Å². The summed E-state index contributed by atoms with van der Waals surface area (Å²) in [5.41, 5.74) is -5.96. The van der Waals surface area contributed by atoms with E-state index in [4.69, 9.17) is 4.74 Å². The maximum absolute atomic E-state index is 13.1. The highest BCUT2D eigenvalue weighted by Gasteiger charge is 2.94. The zero-order valence-electron chi connectivity index (χ0n) is 16.1. The standard InChI is InChI=1S/C18H28N2O6/c1-9-7-15(4)16(9,5)11(22)19(6)13(23)20(15)12-18(25)14(2,3)17(18,24)10(8-21)26-12/h9-10,12,21,24-25H,7-8H2,1-6H3/t9?,10-,12?,15-,16-,17+,18-/m1/s1. The van der Waals surface area contributed by atoms with Crippen molar-refractivity contribution < 1.29 is 29.6 Å². The van der Waals surface area contributed by atoms with Crippen molar-refractivity contribution in [1.82, 2.24) is 9.80 Å². The Balaban J connectivity index is 1.83. The Bertz CT molecular complexity index is 726. The molecule has 4 fully saturated rings. The average molecular weight is 368 g/mol. The van der Waals surface area contributed by atoms with Crippen molar-refractivity contribution in [3.63, 3.8) is 0 Å². The van der Waals surface area contributed by atoms with E-state index >= 15 is 0 Å². The predicted octanol–water partition coefficient (Wildman–Crippen LogP) is -0.0956. The van der Waals surface area contributed by atoms with Crippen LogP contribution in [0.15, 0.2) is 0 Å². The number of rotatable bonds is 2. The minimum absolute atomic E-state index is 0.0637. The Morgan fingerprint density at radius 1 is 1.15 bits per heavy atom. The van der Waals surface area contributed by atoms with Crippen molar-refractivity contribution in [3.8, 4) is 0 Å². The molecule has 8 heteroatoms. The molecule has 0 bridgehead atoms. The highest BCUT2D eigenvalue weighted by Crippen LogP contribution is 2.74. The van der Waals surface area contributed by atoms with Gasteiger partial charge >= 0.3 is 6.03 Å². The van der Waals surface area contributed by atoms with Gasteiger partial charge in [0.25, 0.3) is 0 Å². The van der Waals surface area contributed by atoms with Gasteiger partial charge in [-0.05, 0) is 26.2 Å². The summed E-state index contributed by atoms with van der Waals surface area (Å²) in [7, 11) is 1.43. The first kappa shape index (κ1) is 18.2. The number of hydrogen-bond acceptors (Lipinski definition) is 6. The van der Waals surface area contributed by atoms with Crippen LogP contribution in [0.25, 0.3) is 0 Å². The maximum Gasteiger partial charge on any atom is 0.329 e. The van der Waals surface area contributed by atoms with E-state index in [0.717, 1.165) is 4.90 Å². The molecule has 4 aliphatic rings. The Morgan fingerprint density at radius 2 is 1.73 bits per heavy atom. The van der Waals surface area contributed by atoms with Crippen LogP contribution in [-0.4, -0.2) is 79.8 Å². The van der Waals surface area contributed by atoms with Crippen molar-refractivity contribution in [2.24, 2.45) is 16.7 Å². The van der Waals surface area contributed by atoms with Crippen LogP contribution in [0.4, 0.5) is 4.79 Å². The van der Waals surface area contributed by atoms with Crippen LogP contribution in [0, 0.1) is 16.7 Å². The SMILES string of the molecule is CC1C[C@@]2(C)N(C3O[C@H](CO)[C@]4(O)C(C)(C)[C@]34O)C(=O)N(C)C(=O)[C@@]12C. The van der Waals surface area contributed by atoms with Gasteiger partial charge in [-0.1, -0.05) is 20.8 Å². The van der Waals surface area contributed by atoms with Crippen LogP contribution in [0.2, 0.25) is 0 Å². The molecule has 2 aliphatic carbocycles. The Kier molecular flexibility index (Phi) is 3.09. The molecule has 0 radical (unpaired) electrons. The van der Waals surface area contributed by atoms with E-state index in [0.29, 0.717) is 6.42 Å². The number of carbonyl (C=O) groups is 2. The normalized spacial score (nSPS) is 54.7. The fraction of sp³-hybridized carbons (Fsp3) is 0.889. The average Bonchev–Trinajstić information content (AvgIpc) is 2.81. The summed E-state index contributed by atoms with van der Waals surface area (Å²) in [6.45, 7) is 8.56. The summed E-state index contributed by atoms with van der Waals surface area (Å²) in [6, 6.07) is -0.552. The molecular formula is C18H28N2O6. The second-order valence-electron chi connectivity index (χ2n) is 9.42. The molecule has 2 unspecified atom stereocenters. The molecule has 146 valence electrons. The van der Waals surface area contributed by atoms with E-state index in [1.54, 1.807) is 13.8 Å². The minimum Gasteiger partial charge on any atom is -0.394 e. The minimum atomic E-state index is -1.72. The second-order valence-corrected chi connectivity index (χ2v) is 9.42. The molecule has 0 aromatic heterocycles. The molecule has 4 rings (SSSR count). The quantitative estimate of drug-likeness (QED) is 0.628. The molecule has 3 amide bonds. The second kappa shape index (κ2) is 4.43. The summed E-state index contributed by atoms with van der Waals surface area (Å²) in [5, 5.41) is 32.1. The molecule has 8 nitrogen and oxygen atoms in total. The third-order valence-corrected chi connectivity index (χ3v) is 8.52. The smallest absolute Gasteiger partial charge is 0.329 e. The number of imide groups is 1. The van der Waals surface area contributed by atoms with Gasteiger partial charge in [0.15, 0.2) is 6.23 Å². The molecule has 0 aromatic carbocycles. The Hall–Kier alpha value is -1.22. The molecule has 2 aliphatic heterocycles. The molecule has 26 heavy (non-hydrogen) atoms. The van der Waals surface area contributed by atoms with E-state index in [-0.39, 0.29) is 11.8 Å². The van der Waals surface area contributed by atoms with Gasteiger partial charge in [-0.3, -0.25) is 14.6 Å². The molecule has 3 N–H and O–H groups in total. The topological polar surface area (TPSA) is 111 Å². The third kappa shape index (κ3) is 1.34. The largest absolute Gasteiger partial charge is 0.394 e. The highest BCUT2D eigenvalue weighted by molar-refractivity contribution is 6.02. The molecule has 0 aromatic rings. The highest BCUT2D eigenvalue weighted by atomic mass is 16.6. The number of urea groups is 1. The molecule has 0 spiro atoms. The fourth-order valence-corrected chi connectivity index (χ4v) is 6.19.